The van der Waals surface area contributed by atoms with Gasteiger partial charge in [-0.3, -0.25) is 9.59 Å². The molecule has 1 aliphatic rings. The number of hydrogen-bond acceptors (Lipinski definition) is 5. The zero-order valence-electron chi connectivity index (χ0n) is 18.3. The molecule has 2 amide bonds. The van der Waals surface area contributed by atoms with Gasteiger partial charge in [-0.2, -0.15) is 4.31 Å². The molecule has 33 heavy (non-hydrogen) atoms. The van der Waals surface area contributed by atoms with Gasteiger partial charge in [0.25, 0.3) is 5.91 Å². The first-order valence-electron chi connectivity index (χ1n) is 10.8. The van der Waals surface area contributed by atoms with Crippen LogP contribution in [0.3, 0.4) is 0 Å². The van der Waals surface area contributed by atoms with Gasteiger partial charge in [0, 0.05) is 29.7 Å². The number of hydrogen-bond donors (Lipinski definition) is 3. The SMILES string of the molecule is CC(CO)NC(=O)c1ccc(CN([C@@H]2CCCCNC2=O)S(=O)(=O)c2ccc(Cl)cc2)cc1. The molecule has 1 saturated heterocycles. The summed E-state index contributed by atoms with van der Waals surface area (Å²) in [5, 5.41) is 15.0. The van der Waals surface area contributed by atoms with Crippen molar-refractivity contribution in [2.24, 2.45) is 0 Å². The van der Waals surface area contributed by atoms with Gasteiger partial charge in [0.1, 0.15) is 6.04 Å². The smallest absolute Gasteiger partial charge is 0.251 e. The van der Waals surface area contributed by atoms with Crippen LogP contribution in [0.1, 0.15) is 42.1 Å². The average molecular weight is 494 g/mol. The molecule has 0 aliphatic carbocycles. The maximum absolute atomic E-state index is 13.5. The van der Waals surface area contributed by atoms with Crippen LogP contribution in [0.2, 0.25) is 5.02 Å². The van der Waals surface area contributed by atoms with E-state index in [4.69, 9.17) is 16.7 Å². The summed E-state index contributed by atoms with van der Waals surface area (Å²) in [7, 11) is -4.00. The Labute approximate surface area is 199 Å². The summed E-state index contributed by atoms with van der Waals surface area (Å²) in [6.45, 7) is 1.99. The van der Waals surface area contributed by atoms with E-state index in [9.17, 15) is 18.0 Å². The number of nitrogens with zero attached hydrogens (tertiary/aromatic N) is 1. The van der Waals surface area contributed by atoms with Gasteiger partial charge in [-0.15, -0.1) is 0 Å². The van der Waals surface area contributed by atoms with E-state index in [1.807, 2.05) is 0 Å². The lowest BCUT2D eigenvalue weighted by Gasteiger charge is -2.29. The Morgan fingerprint density at radius 2 is 1.85 bits per heavy atom. The summed E-state index contributed by atoms with van der Waals surface area (Å²) in [5.74, 6) is -0.657. The zero-order chi connectivity index (χ0) is 24.0. The van der Waals surface area contributed by atoms with Crippen LogP contribution < -0.4 is 10.6 Å². The van der Waals surface area contributed by atoms with Crippen LogP contribution in [0.4, 0.5) is 0 Å². The molecular weight excluding hydrogens is 466 g/mol. The second-order valence-corrected chi connectivity index (χ2v) is 10.4. The van der Waals surface area contributed by atoms with Crippen molar-refractivity contribution in [3.8, 4) is 0 Å². The largest absolute Gasteiger partial charge is 0.394 e. The van der Waals surface area contributed by atoms with Crippen LogP contribution in [-0.2, 0) is 21.4 Å². The Kier molecular flexibility index (Phi) is 8.47. The summed E-state index contributed by atoms with van der Waals surface area (Å²) in [6.07, 6.45) is 1.92. The summed E-state index contributed by atoms with van der Waals surface area (Å²) < 4.78 is 28.3. The number of aliphatic hydroxyl groups excluding tert-OH is 1. The highest BCUT2D eigenvalue weighted by Gasteiger charge is 2.36. The fourth-order valence-electron chi connectivity index (χ4n) is 3.60. The Bertz CT molecular complexity index is 1070. The minimum Gasteiger partial charge on any atom is -0.394 e. The number of carbonyl (C=O) groups is 2. The summed E-state index contributed by atoms with van der Waals surface area (Å²) >= 11 is 5.93. The molecule has 3 N–H and O–H groups in total. The van der Waals surface area contributed by atoms with Gasteiger partial charge in [0.05, 0.1) is 11.5 Å². The third kappa shape index (κ3) is 6.32. The number of sulfonamides is 1. The molecule has 2 aromatic carbocycles. The van der Waals surface area contributed by atoms with E-state index in [0.29, 0.717) is 29.1 Å². The second kappa shape index (κ2) is 11.1. The van der Waals surface area contributed by atoms with Gasteiger partial charge in [-0.25, -0.2) is 8.42 Å². The number of benzene rings is 2. The topological polar surface area (TPSA) is 116 Å². The molecular formula is C23H28ClN3O5S. The molecule has 10 heteroatoms. The normalized spacial score (nSPS) is 17.8. The molecule has 1 fully saturated rings. The van der Waals surface area contributed by atoms with Gasteiger partial charge in [0.2, 0.25) is 15.9 Å². The minimum absolute atomic E-state index is 0.0298. The van der Waals surface area contributed by atoms with Crippen LogP contribution in [0.25, 0.3) is 0 Å². The lowest BCUT2D eigenvalue weighted by molar-refractivity contribution is -0.124. The number of amides is 2. The molecule has 0 bridgehead atoms. The lowest BCUT2D eigenvalue weighted by atomic mass is 10.1. The highest BCUT2D eigenvalue weighted by atomic mass is 35.5. The highest BCUT2D eigenvalue weighted by Crippen LogP contribution is 2.26. The second-order valence-electron chi connectivity index (χ2n) is 8.06. The number of aliphatic hydroxyl groups is 1. The monoisotopic (exact) mass is 493 g/mol. The quantitative estimate of drug-likeness (QED) is 0.522. The Hall–Kier alpha value is -2.46. The van der Waals surface area contributed by atoms with Crippen molar-refractivity contribution in [2.75, 3.05) is 13.2 Å². The average Bonchev–Trinajstić information content (AvgIpc) is 3.02. The Morgan fingerprint density at radius 3 is 2.48 bits per heavy atom. The molecule has 0 radical (unpaired) electrons. The number of carbonyl (C=O) groups excluding carboxylic acids is 2. The predicted octanol–water partition coefficient (Wildman–Crippen LogP) is 2.31. The molecule has 3 rings (SSSR count). The molecule has 1 aliphatic heterocycles. The first-order chi connectivity index (χ1) is 15.7. The van der Waals surface area contributed by atoms with Crippen molar-refractivity contribution < 1.29 is 23.1 Å². The molecule has 0 spiro atoms. The molecule has 8 nitrogen and oxygen atoms in total. The zero-order valence-corrected chi connectivity index (χ0v) is 19.9. The van der Waals surface area contributed by atoms with E-state index in [0.717, 1.165) is 12.8 Å². The van der Waals surface area contributed by atoms with E-state index in [-0.39, 0.29) is 35.9 Å². The molecule has 0 aromatic heterocycles. The van der Waals surface area contributed by atoms with Crippen LogP contribution in [0, 0.1) is 0 Å². The van der Waals surface area contributed by atoms with Crippen molar-refractivity contribution in [1.29, 1.82) is 0 Å². The van der Waals surface area contributed by atoms with Crippen molar-refractivity contribution in [1.82, 2.24) is 14.9 Å². The maximum atomic E-state index is 13.5. The van der Waals surface area contributed by atoms with Gasteiger partial charge < -0.3 is 15.7 Å². The van der Waals surface area contributed by atoms with E-state index >= 15 is 0 Å². The van der Waals surface area contributed by atoms with E-state index in [1.165, 1.54) is 28.6 Å². The first-order valence-corrected chi connectivity index (χ1v) is 12.6. The molecule has 2 aromatic rings. The van der Waals surface area contributed by atoms with Gasteiger partial charge >= 0.3 is 0 Å². The fraction of sp³-hybridized carbons (Fsp3) is 0.391. The van der Waals surface area contributed by atoms with E-state index in [1.54, 1.807) is 31.2 Å². The standard InChI is InChI=1S/C23H28ClN3O5S/c1-16(15-28)26-22(29)18-7-5-17(6-8-18)14-27(21-4-2-3-13-25-23(21)30)33(31,32)20-11-9-19(24)10-12-20/h5-12,16,21,28H,2-4,13-15H2,1H3,(H,25,30)(H,26,29)/t16?,21-/m1/s1. The molecule has 0 saturated carbocycles. The van der Waals surface area contributed by atoms with Crippen LogP contribution in [0.5, 0.6) is 0 Å². The minimum atomic E-state index is -4.00. The van der Waals surface area contributed by atoms with Crippen molar-refractivity contribution in [2.45, 2.75) is 49.7 Å². The number of rotatable bonds is 8. The van der Waals surface area contributed by atoms with Crippen molar-refractivity contribution >= 4 is 33.4 Å². The molecule has 178 valence electrons. The predicted molar refractivity (Wildman–Crippen MR) is 125 cm³/mol. The third-order valence-corrected chi connectivity index (χ3v) is 7.60. The van der Waals surface area contributed by atoms with Crippen LogP contribution >= 0.6 is 11.6 Å². The lowest BCUT2D eigenvalue weighted by Crippen LogP contribution is -2.48. The van der Waals surface area contributed by atoms with Crippen LogP contribution in [0.15, 0.2) is 53.4 Å². The summed E-state index contributed by atoms with van der Waals surface area (Å²) in [6, 6.07) is 11.1. The van der Waals surface area contributed by atoms with Crippen LogP contribution in [-0.4, -0.2) is 54.9 Å². The van der Waals surface area contributed by atoms with Gasteiger partial charge in [-0.05, 0) is 68.1 Å². The molecule has 1 unspecified atom stereocenters. The van der Waals surface area contributed by atoms with E-state index < -0.39 is 16.1 Å². The number of nitrogens with one attached hydrogen (secondary N) is 2. The van der Waals surface area contributed by atoms with Gasteiger partial charge in [0.15, 0.2) is 0 Å². The maximum Gasteiger partial charge on any atom is 0.251 e. The van der Waals surface area contributed by atoms with Crippen molar-refractivity contribution in [3.63, 3.8) is 0 Å². The van der Waals surface area contributed by atoms with E-state index in [2.05, 4.69) is 10.6 Å². The fourth-order valence-corrected chi connectivity index (χ4v) is 5.33. The van der Waals surface area contributed by atoms with Gasteiger partial charge in [-0.1, -0.05) is 23.7 Å². The Balaban J connectivity index is 1.90. The first kappa shape index (κ1) is 25.2. The Morgan fingerprint density at radius 1 is 1.18 bits per heavy atom. The van der Waals surface area contributed by atoms with Crippen molar-refractivity contribution in [3.05, 3.63) is 64.7 Å². The summed E-state index contributed by atoms with van der Waals surface area (Å²) in [5.41, 5.74) is 1.02. The third-order valence-electron chi connectivity index (χ3n) is 5.48. The number of halogens is 1. The summed E-state index contributed by atoms with van der Waals surface area (Å²) in [4.78, 5) is 25.1. The molecule has 1 heterocycles. The molecule has 2 atom stereocenters. The highest BCUT2D eigenvalue weighted by molar-refractivity contribution is 7.89.